The fourth-order valence-corrected chi connectivity index (χ4v) is 3.10. The van der Waals surface area contributed by atoms with Crippen molar-refractivity contribution in [3.63, 3.8) is 0 Å². The molecule has 1 aromatic heterocycles. The van der Waals surface area contributed by atoms with E-state index in [9.17, 15) is 0 Å². The predicted molar refractivity (Wildman–Crippen MR) is 133 cm³/mol. The number of aliphatic hydroxyl groups is 2. The lowest BCUT2D eigenvalue weighted by Crippen LogP contribution is -2.20. The number of nitrogens with one attached hydrogen (secondary N) is 2. The Morgan fingerprint density at radius 2 is 1.82 bits per heavy atom. The highest BCUT2D eigenvalue weighted by molar-refractivity contribution is 5.53. The van der Waals surface area contributed by atoms with Crippen LogP contribution in [0.4, 0.5) is 11.8 Å². The van der Waals surface area contributed by atoms with E-state index in [2.05, 4.69) is 27.5 Å². The number of rotatable bonds is 14. The van der Waals surface area contributed by atoms with E-state index in [4.69, 9.17) is 25.4 Å². The van der Waals surface area contributed by atoms with Gasteiger partial charge in [0.1, 0.15) is 17.3 Å². The van der Waals surface area contributed by atoms with Gasteiger partial charge in [-0.1, -0.05) is 19.4 Å². The van der Waals surface area contributed by atoms with Crippen LogP contribution in [0.2, 0.25) is 0 Å². The van der Waals surface area contributed by atoms with Crippen LogP contribution in [0, 0.1) is 6.92 Å². The van der Waals surface area contributed by atoms with Gasteiger partial charge in [-0.3, -0.25) is 0 Å². The van der Waals surface area contributed by atoms with E-state index in [1.807, 2.05) is 25.1 Å². The predicted octanol–water partition coefficient (Wildman–Crippen LogP) is 2.53. The van der Waals surface area contributed by atoms with Crippen molar-refractivity contribution in [3.05, 3.63) is 35.0 Å². The molecule has 9 heteroatoms. The molecule has 1 aromatic carbocycles. The second-order valence-electron chi connectivity index (χ2n) is 7.42. The molecule has 0 amide bonds. The molecule has 1 heterocycles. The smallest absolute Gasteiger partial charge is 0.222 e. The Bertz CT molecular complexity index is 805. The first-order chi connectivity index (χ1) is 16.0. The van der Waals surface area contributed by atoms with Gasteiger partial charge >= 0.3 is 0 Å². The Balaban J connectivity index is 0.00000172. The summed E-state index contributed by atoms with van der Waals surface area (Å²) >= 11 is 0. The number of nitrogens with two attached hydrogens (primary N) is 1. The molecular formula is C24H41N5O4. The van der Waals surface area contributed by atoms with Crippen molar-refractivity contribution < 1.29 is 19.7 Å². The summed E-state index contributed by atoms with van der Waals surface area (Å²) in [7, 11) is 1.66. The number of aryl methyl sites for hydroxylation is 1. The van der Waals surface area contributed by atoms with Crippen molar-refractivity contribution in [1.82, 2.24) is 15.3 Å². The first kappa shape index (κ1) is 28.4. The largest absolute Gasteiger partial charge is 0.496 e. The number of methoxy groups -OCH3 is 1. The van der Waals surface area contributed by atoms with Crippen LogP contribution < -0.4 is 25.8 Å². The standard InChI is InChI=1S/C22H35N5O3.C2H6O/c1-4-5-10-25-21-19(16(2)26-22(23)27-21)14-17-7-8-18(15-20(17)29-3)30-13-6-9-24-11-12-28;1-2-3/h7-8,15,24,28H,4-6,9-14H2,1-3H3,(H3,23,25,26,27);3H,2H2,1H3. The number of benzene rings is 1. The summed E-state index contributed by atoms with van der Waals surface area (Å²) in [5.41, 5.74) is 8.77. The third kappa shape index (κ3) is 10.7. The van der Waals surface area contributed by atoms with Crippen LogP contribution in [0.25, 0.3) is 0 Å². The lowest BCUT2D eigenvalue weighted by atomic mass is 10.0. The maximum Gasteiger partial charge on any atom is 0.222 e. The summed E-state index contributed by atoms with van der Waals surface area (Å²) in [5.74, 6) is 2.59. The first-order valence-corrected chi connectivity index (χ1v) is 11.6. The summed E-state index contributed by atoms with van der Waals surface area (Å²) in [6.45, 7) is 9.03. The number of anilines is 2. The molecule has 0 unspecified atom stereocenters. The molecular weight excluding hydrogens is 422 g/mol. The molecule has 0 spiro atoms. The molecule has 6 N–H and O–H groups in total. The average molecular weight is 464 g/mol. The van der Waals surface area contributed by atoms with Crippen molar-refractivity contribution in [2.45, 2.75) is 46.5 Å². The van der Waals surface area contributed by atoms with E-state index in [0.29, 0.717) is 19.6 Å². The molecule has 0 radical (unpaired) electrons. The summed E-state index contributed by atoms with van der Waals surface area (Å²) in [6, 6.07) is 5.88. The Morgan fingerprint density at radius 3 is 2.48 bits per heavy atom. The van der Waals surface area contributed by atoms with Crippen molar-refractivity contribution in [1.29, 1.82) is 0 Å². The quantitative estimate of drug-likeness (QED) is 0.268. The number of hydrogen-bond donors (Lipinski definition) is 5. The van der Waals surface area contributed by atoms with Crippen LogP contribution in [0.1, 0.15) is 49.9 Å². The van der Waals surface area contributed by atoms with Gasteiger partial charge in [-0.05, 0) is 44.9 Å². The van der Waals surface area contributed by atoms with Gasteiger partial charge in [-0.15, -0.1) is 0 Å². The highest BCUT2D eigenvalue weighted by Crippen LogP contribution is 2.29. The van der Waals surface area contributed by atoms with Crippen LogP contribution in [0.5, 0.6) is 11.5 Å². The van der Waals surface area contributed by atoms with Crippen LogP contribution in [0.3, 0.4) is 0 Å². The molecule has 0 aliphatic rings. The maximum absolute atomic E-state index is 8.77. The molecule has 0 fully saturated rings. The summed E-state index contributed by atoms with van der Waals surface area (Å²) in [5, 5.41) is 22.9. The molecule has 0 bridgehead atoms. The van der Waals surface area contributed by atoms with Gasteiger partial charge in [0.25, 0.3) is 0 Å². The van der Waals surface area contributed by atoms with Crippen molar-refractivity contribution in [2.75, 3.05) is 57.6 Å². The monoisotopic (exact) mass is 463 g/mol. The molecule has 0 aliphatic carbocycles. The van der Waals surface area contributed by atoms with Gasteiger partial charge in [0.2, 0.25) is 5.95 Å². The third-order valence-corrected chi connectivity index (χ3v) is 4.73. The zero-order valence-electron chi connectivity index (χ0n) is 20.5. The molecule has 2 aromatic rings. The topological polar surface area (TPSA) is 135 Å². The Labute approximate surface area is 197 Å². The van der Waals surface area contributed by atoms with Crippen molar-refractivity contribution in [3.8, 4) is 11.5 Å². The normalized spacial score (nSPS) is 10.4. The lowest BCUT2D eigenvalue weighted by molar-refractivity contribution is 0.281. The number of nitrogens with zero attached hydrogens (tertiary/aromatic N) is 2. The zero-order valence-corrected chi connectivity index (χ0v) is 20.5. The van der Waals surface area contributed by atoms with Gasteiger partial charge in [0.15, 0.2) is 0 Å². The minimum atomic E-state index is 0.147. The maximum atomic E-state index is 8.77. The van der Waals surface area contributed by atoms with Crippen LogP contribution in [-0.2, 0) is 6.42 Å². The molecule has 0 aliphatic heterocycles. The van der Waals surface area contributed by atoms with Crippen molar-refractivity contribution in [2.24, 2.45) is 0 Å². The minimum absolute atomic E-state index is 0.147. The van der Waals surface area contributed by atoms with Gasteiger partial charge in [-0.25, -0.2) is 4.98 Å². The molecule has 0 saturated heterocycles. The Hall–Kier alpha value is -2.62. The molecule has 9 nitrogen and oxygen atoms in total. The van der Waals surface area contributed by atoms with Crippen molar-refractivity contribution >= 4 is 11.8 Å². The molecule has 186 valence electrons. The number of hydrogen-bond acceptors (Lipinski definition) is 9. The van der Waals surface area contributed by atoms with Crippen LogP contribution in [0.15, 0.2) is 18.2 Å². The van der Waals surface area contributed by atoms with E-state index < -0.39 is 0 Å². The summed E-state index contributed by atoms with van der Waals surface area (Å²) < 4.78 is 11.4. The third-order valence-electron chi connectivity index (χ3n) is 4.73. The van der Waals surface area contributed by atoms with Crippen LogP contribution >= 0.6 is 0 Å². The number of aromatic nitrogens is 2. The number of aliphatic hydroxyl groups excluding tert-OH is 2. The highest BCUT2D eigenvalue weighted by Gasteiger charge is 2.14. The zero-order chi connectivity index (χ0) is 24.5. The fourth-order valence-electron chi connectivity index (χ4n) is 3.10. The highest BCUT2D eigenvalue weighted by atomic mass is 16.5. The SMILES string of the molecule is CCCCNc1nc(N)nc(C)c1Cc1ccc(OCCCNCCO)cc1OC.CCO. The van der Waals surface area contributed by atoms with E-state index in [0.717, 1.165) is 66.5 Å². The van der Waals surface area contributed by atoms with Gasteiger partial charge in [0, 0.05) is 43.4 Å². The number of ether oxygens (including phenoxy) is 2. The van der Waals surface area contributed by atoms with E-state index in [1.54, 1.807) is 14.0 Å². The molecule has 0 saturated carbocycles. The Morgan fingerprint density at radius 1 is 1.06 bits per heavy atom. The Kier molecular flexibility index (Phi) is 14.6. The summed E-state index contributed by atoms with van der Waals surface area (Å²) in [4.78, 5) is 8.76. The summed E-state index contributed by atoms with van der Waals surface area (Å²) in [6.07, 6.45) is 3.66. The second-order valence-corrected chi connectivity index (χ2v) is 7.42. The minimum Gasteiger partial charge on any atom is -0.496 e. The first-order valence-electron chi connectivity index (χ1n) is 11.6. The van der Waals surface area contributed by atoms with E-state index in [1.165, 1.54) is 0 Å². The lowest BCUT2D eigenvalue weighted by Gasteiger charge is -2.16. The van der Waals surface area contributed by atoms with Crippen LogP contribution in [-0.4, -0.2) is 66.7 Å². The van der Waals surface area contributed by atoms with E-state index in [-0.39, 0.29) is 19.2 Å². The molecule has 33 heavy (non-hydrogen) atoms. The molecule has 0 atom stereocenters. The average Bonchev–Trinajstić information content (AvgIpc) is 2.79. The molecule has 2 rings (SSSR count). The van der Waals surface area contributed by atoms with Gasteiger partial charge in [-0.2, -0.15) is 4.98 Å². The van der Waals surface area contributed by atoms with Gasteiger partial charge < -0.3 is 36.1 Å². The van der Waals surface area contributed by atoms with Gasteiger partial charge in [0.05, 0.1) is 20.3 Å². The number of nitrogen functional groups attached to an aromatic ring is 1. The number of unbranched alkanes of at least 4 members (excludes halogenated alkanes) is 1. The van der Waals surface area contributed by atoms with E-state index >= 15 is 0 Å². The second kappa shape index (κ2) is 16.9. The fraction of sp³-hybridized carbons (Fsp3) is 0.583.